The Hall–Kier alpha value is -1.13. The topological polar surface area (TPSA) is 50.9 Å². The van der Waals surface area contributed by atoms with E-state index < -0.39 is 0 Å². The smallest absolute Gasteiger partial charge is 0.0739 e. The Morgan fingerprint density at radius 1 is 1.22 bits per heavy atom. The molecule has 5 heteroatoms. The van der Waals surface area contributed by atoms with Crippen molar-refractivity contribution >= 4 is 23.2 Å². The lowest BCUT2D eigenvalue weighted by atomic mass is 10.0. The van der Waals surface area contributed by atoms with Crippen LogP contribution in [0, 0.1) is 6.92 Å². The summed E-state index contributed by atoms with van der Waals surface area (Å²) in [6.45, 7) is 1.93. The quantitative estimate of drug-likeness (QED) is 0.671. The van der Waals surface area contributed by atoms with Gasteiger partial charge in [0.05, 0.1) is 6.04 Å². The normalized spacial score (nSPS) is 12.4. The fourth-order valence-electron chi connectivity index (χ4n) is 1.75. The second-order valence-electron chi connectivity index (χ2n) is 4.00. The summed E-state index contributed by atoms with van der Waals surface area (Å²) in [5.74, 6) is 5.61. The molecule has 0 bridgehead atoms. The highest BCUT2D eigenvalue weighted by molar-refractivity contribution is 6.33. The SMILES string of the molecule is Cc1ccc(C(NN)c2cc(Cl)ccc2Cl)cn1. The first-order chi connectivity index (χ1) is 8.61. The molecule has 3 N–H and O–H groups in total. The van der Waals surface area contributed by atoms with E-state index in [1.54, 1.807) is 24.4 Å². The second kappa shape index (κ2) is 5.67. The molecule has 0 radical (unpaired) electrons. The number of hydrogen-bond acceptors (Lipinski definition) is 3. The lowest BCUT2D eigenvalue weighted by Gasteiger charge is -2.18. The van der Waals surface area contributed by atoms with Gasteiger partial charge in [-0.15, -0.1) is 0 Å². The van der Waals surface area contributed by atoms with Gasteiger partial charge in [-0.05, 0) is 42.3 Å². The van der Waals surface area contributed by atoms with Crippen molar-refractivity contribution in [3.63, 3.8) is 0 Å². The Morgan fingerprint density at radius 3 is 2.61 bits per heavy atom. The molecule has 1 heterocycles. The number of rotatable bonds is 3. The largest absolute Gasteiger partial charge is 0.271 e. The average Bonchev–Trinajstić information content (AvgIpc) is 2.37. The molecular formula is C13H13Cl2N3. The van der Waals surface area contributed by atoms with Gasteiger partial charge in [-0.2, -0.15) is 0 Å². The first-order valence-corrected chi connectivity index (χ1v) is 6.21. The summed E-state index contributed by atoms with van der Waals surface area (Å²) in [5, 5.41) is 1.23. The molecule has 3 nitrogen and oxygen atoms in total. The fraction of sp³-hybridized carbons (Fsp3) is 0.154. The van der Waals surface area contributed by atoms with E-state index in [0.29, 0.717) is 10.0 Å². The molecule has 0 aliphatic heterocycles. The van der Waals surface area contributed by atoms with Gasteiger partial charge in [-0.3, -0.25) is 10.8 Å². The molecule has 1 unspecified atom stereocenters. The Balaban J connectivity index is 2.44. The molecule has 2 rings (SSSR count). The summed E-state index contributed by atoms with van der Waals surface area (Å²) in [7, 11) is 0. The van der Waals surface area contributed by atoms with Crippen LogP contribution < -0.4 is 11.3 Å². The minimum atomic E-state index is -0.232. The number of nitrogens with one attached hydrogen (secondary N) is 1. The van der Waals surface area contributed by atoms with Crippen LogP contribution in [-0.2, 0) is 0 Å². The van der Waals surface area contributed by atoms with Crippen molar-refractivity contribution in [2.75, 3.05) is 0 Å². The maximum atomic E-state index is 6.18. The Morgan fingerprint density at radius 2 is 2.00 bits per heavy atom. The lowest BCUT2D eigenvalue weighted by Crippen LogP contribution is -2.29. The highest BCUT2D eigenvalue weighted by Gasteiger charge is 2.16. The number of nitrogens with two attached hydrogens (primary N) is 1. The molecule has 2 aromatic rings. The number of nitrogens with zero attached hydrogens (tertiary/aromatic N) is 1. The van der Waals surface area contributed by atoms with Crippen molar-refractivity contribution in [1.82, 2.24) is 10.4 Å². The van der Waals surface area contributed by atoms with Crippen LogP contribution in [-0.4, -0.2) is 4.98 Å². The average molecular weight is 282 g/mol. The van der Waals surface area contributed by atoms with Gasteiger partial charge in [0, 0.05) is 21.9 Å². The van der Waals surface area contributed by atoms with Gasteiger partial charge in [0.1, 0.15) is 0 Å². The summed E-state index contributed by atoms with van der Waals surface area (Å²) in [6, 6.07) is 8.96. The van der Waals surface area contributed by atoms with E-state index >= 15 is 0 Å². The molecule has 0 aliphatic rings. The zero-order valence-corrected chi connectivity index (χ0v) is 11.3. The maximum absolute atomic E-state index is 6.18. The first kappa shape index (κ1) is 13.3. The van der Waals surface area contributed by atoms with E-state index in [-0.39, 0.29) is 6.04 Å². The van der Waals surface area contributed by atoms with Crippen LogP contribution >= 0.6 is 23.2 Å². The molecule has 1 atom stereocenters. The van der Waals surface area contributed by atoms with Gasteiger partial charge in [-0.1, -0.05) is 29.3 Å². The Kier molecular flexibility index (Phi) is 4.19. The zero-order valence-electron chi connectivity index (χ0n) is 9.82. The van der Waals surface area contributed by atoms with Crippen LogP contribution in [0.2, 0.25) is 10.0 Å². The number of pyridine rings is 1. The minimum Gasteiger partial charge on any atom is -0.271 e. The van der Waals surface area contributed by atoms with Crippen LogP contribution in [0.3, 0.4) is 0 Å². The van der Waals surface area contributed by atoms with Gasteiger partial charge in [0.15, 0.2) is 0 Å². The maximum Gasteiger partial charge on any atom is 0.0739 e. The number of aromatic nitrogens is 1. The Labute approximate surface area is 116 Å². The number of benzene rings is 1. The van der Waals surface area contributed by atoms with Gasteiger partial charge < -0.3 is 0 Å². The summed E-state index contributed by atoms with van der Waals surface area (Å²) in [5.41, 5.74) is 5.46. The summed E-state index contributed by atoms with van der Waals surface area (Å²) >= 11 is 12.2. The highest BCUT2D eigenvalue weighted by Crippen LogP contribution is 2.29. The van der Waals surface area contributed by atoms with Crippen molar-refractivity contribution in [3.8, 4) is 0 Å². The lowest BCUT2D eigenvalue weighted by molar-refractivity contribution is 0.634. The van der Waals surface area contributed by atoms with Gasteiger partial charge in [0.2, 0.25) is 0 Å². The van der Waals surface area contributed by atoms with E-state index in [1.165, 1.54) is 0 Å². The molecule has 94 valence electrons. The van der Waals surface area contributed by atoms with Crippen molar-refractivity contribution in [1.29, 1.82) is 0 Å². The monoisotopic (exact) mass is 281 g/mol. The van der Waals surface area contributed by atoms with E-state index in [0.717, 1.165) is 16.8 Å². The third-order valence-electron chi connectivity index (χ3n) is 2.70. The molecule has 0 saturated heterocycles. The predicted molar refractivity (Wildman–Crippen MR) is 74.6 cm³/mol. The first-order valence-electron chi connectivity index (χ1n) is 5.45. The molecule has 18 heavy (non-hydrogen) atoms. The zero-order chi connectivity index (χ0) is 13.1. The number of halogens is 2. The minimum absolute atomic E-state index is 0.232. The number of hydrazine groups is 1. The molecule has 0 fully saturated rings. The summed E-state index contributed by atoms with van der Waals surface area (Å²) in [6.07, 6.45) is 1.77. The van der Waals surface area contributed by atoms with Crippen LogP contribution in [0.15, 0.2) is 36.5 Å². The predicted octanol–water partition coefficient (Wildman–Crippen LogP) is 3.25. The third kappa shape index (κ3) is 2.82. The van der Waals surface area contributed by atoms with Crippen molar-refractivity contribution in [2.45, 2.75) is 13.0 Å². The molecule has 0 aliphatic carbocycles. The molecule has 1 aromatic heterocycles. The fourth-order valence-corrected chi connectivity index (χ4v) is 2.16. The van der Waals surface area contributed by atoms with Crippen LogP contribution in [0.4, 0.5) is 0 Å². The second-order valence-corrected chi connectivity index (χ2v) is 4.84. The van der Waals surface area contributed by atoms with Crippen molar-refractivity contribution < 1.29 is 0 Å². The van der Waals surface area contributed by atoms with Crippen molar-refractivity contribution in [3.05, 3.63) is 63.4 Å². The number of aryl methyl sites for hydroxylation is 1. The van der Waals surface area contributed by atoms with E-state index in [9.17, 15) is 0 Å². The summed E-state index contributed by atoms with van der Waals surface area (Å²) in [4.78, 5) is 4.25. The molecule has 0 saturated carbocycles. The molecule has 0 spiro atoms. The Bertz CT molecular complexity index is 540. The molecular weight excluding hydrogens is 269 g/mol. The third-order valence-corrected chi connectivity index (χ3v) is 3.28. The van der Waals surface area contributed by atoms with Gasteiger partial charge in [-0.25, -0.2) is 5.43 Å². The van der Waals surface area contributed by atoms with E-state index in [1.807, 2.05) is 19.1 Å². The highest BCUT2D eigenvalue weighted by atomic mass is 35.5. The van der Waals surface area contributed by atoms with Crippen LogP contribution in [0.5, 0.6) is 0 Å². The summed E-state index contributed by atoms with van der Waals surface area (Å²) < 4.78 is 0. The number of hydrogen-bond donors (Lipinski definition) is 2. The van der Waals surface area contributed by atoms with Gasteiger partial charge in [0.25, 0.3) is 0 Å². The van der Waals surface area contributed by atoms with Crippen LogP contribution in [0.25, 0.3) is 0 Å². The van der Waals surface area contributed by atoms with E-state index in [2.05, 4.69) is 10.4 Å². The van der Waals surface area contributed by atoms with Crippen molar-refractivity contribution in [2.24, 2.45) is 5.84 Å². The van der Waals surface area contributed by atoms with E-state index in [4.69, 9.17) is 29.0 Å². The van der Waals surface area contributed by atoms with Gasteiger partial charge >= 0.3 is 0 Å². The molecule has 1 aromatic carbocycles. The molecule has 0 amide bonds. The van der Waals surface area contributed by atoms with Crippen LogP contribution in [0.1, 0.15) is 22.9 Å². The standard InChI is InChI=1S/C13H13Cl2N3/c1-8-2-3-9(7-17-8)13(18-16)11-6-10(14)4-5-12(11)15/h2-7,13,18H,16H2,1H3.